The van der Waals surface area contributed by atoms with Gasteiger partial charge in [-0.15, -0.1) is 0 Å². The molecule has 0 heterocycles. The van der Waals surface area contributed by atoms with E-state index in [9.17, 15) is 0 Å². The fraction of sp³-hybridized carbons (Fsp3) is 0.250. The summed E-state index contributed by atoms with van der Waals surface area (Å²) < 4.78 is 0. The van der Waals surface area contributed by atoms with Gasteiger partial charge in [-0.2, -0.15) is 0 Å². The van der Waals surface area contributed by atoms with Gasteiger partial charge in [0.1, 0.15) is 0 Å². The highest BCUT2D eigenvalue weighted by Crippen LogP contribution is 2.59. The molecule has 86 valence electrons. The van der Waals surface area contributed by atoms with Crippen LogP contribution in [0.2, 0.25) is 0 Å². The Hall–Kier alpha value is -1.60. The smallest absolute Gasteiger partial charge is 0.0150 e. The average molecular weight is 223 g/mol. The highest BCUT2D eigenvalue weighted by Gasteiger charge is 2.54. The molecule has 1 nitrogen and oxygen atoms in total. The Kier molecular flexibility index (Phi) is 2.49. The molecule has 2 aromatic rings. The average Bonchev–Trinajstić information content (AvgIpc) is 3.17. The maximum absolute atomic E-state index is 6.03. The van der Waals surface area contributed by atoms with Crippen molar-refractivity contribution in [3.05, 3.63) is 71.8 Å². The zero-order chi connectivity index (χ0) is 11.7. The Morgan fingerprint density at radius 3 is 2.12 bits per heavy atom. The van der Waals surface area contributed by atoms with Crippen LogP contribution in [0, 0.1) is 0 Å². The van der Waals surface area contributed by atoms with Crippen molar-refractivity contribution in [3.8, 4) is 0 Å². The summed E-state index contributed by atoms with van der Waals surface area (Å²) in [7, 11) is 0. The van der Waals surface area contributed by atoms with Crippen LogP contribution >= 0.6 is 0 Å². The minimum absolute atomic E-state index is 0.183. The molecule has 17 heavy (non-hydrogen) atoms. The Bertz CT molecular complexity index is 491. The largest absolute Gasteiger partial charge is 0.330 e. The van der Waals surface area contributed by atoms with E-state index in [2.05, 4.69) is 60.7 Å². The molecular formula is C16H17N. The van der Waals surface area contributed by atoms with Crippen LogP contribution in [-0.2, 0) is 5.41 Å². The number of benzene rings is 2. The van der Waals surface area contributed by atoms with Crippen LogP contribution < -0.4 is 5.73 Å². The van der Waals surface area contributed by atoms with Gasteiger partial charge in [0, 0.05) is 12.0 Å². The monoisotopic (exact) mass is 223 g/mol. The fourth-order valence-corrected chi connectivity index (χ4v) is 2.86. The summed E-state index contributed by atoms with van der Waals surface area (Å²) in [6.07, 6.45) is 1.18. The molecule has 0 bridgehead atoms. The van der Waals surface area contributed by atoms with Crippen molar-refractivity contribution in [1.29, 1.82) is 0 Å². The van der Waals surface area contributed by atoms with E-state index in [-0.39, 0.29) is 5.41 Å². The Labute approximate surface area is 102 Å². The molecule has 0 spiro atoms. The van der Waals surface area contributed by atoms with Crippen molar-refractivity contribution in [3.63, 3.8) is 0 Å². The molecule has 1 saturated carbocycles. The lowest BCUT2D eigenvalue weighted by molar-refractivity contribution is 0.676. The fourth-order valence-electron chi connectivity index (χ4n) is 2.86. The predicted octanol–water partition coefficient (Wildman–Crippen LogP) is 3.07. The molecule has 0 unspecified atom stereocenters. The molecule has 1 aliphatic carbocycles. The third-order valence-electron chi connectivity index (χ3n) is 3.99. The zero-order valence-electron chi connectivity index (χ0n) is 9.84. The summed E-state index contributed by atoms with van der Waals surface area (Å²) in [5.74, 6) is 0.594. The van der Waals surface area contributed by atoms with Gasteiger partial charge in [-0.3, -0.25) is 0 Å². The molecule has 0 saturated heterocycles. The van der Waals surface area contributed by atoms with Crippen LogP contribution in [-0.4, -0.2) is 6.54 Å². The van der Waals surface area contributed by atoms with Crippen LogP contribution in [0.5, 0.6) is 0 Å². The highest BCUT2D eigenvalue weighted by molar-refractivity contribution is 5.43. The number of hydrogen-bond donors (Lipinski definition) is 1. The van der Waals surface area contributed by atoms with E-state index in [1.807, 2.05) is 0 Å². The van der Waals surface area contributed by atoms with E-state index in [0.717, 1.165) is 6.54 Å². The molecule has 0 radical (unpaired) electrons. The summed E-state index contributed by atoms with van der Waals surface area (Å²) in [4.78, 5) is 0. The van der Waals surface area contributed by atoms with Gasteiger partial charge < -0.3 is 5.73 Å². The van der Waals surface area contributed by atoms with Crippen LogP contribution in [0.4, 0.5) is 0 Å². The van der Waals surface area contributed by atoms with Crippen molar-refractivity contribution >= 4 is 0 Å². The first-order chi connectivity index (χ1) is 8.37. The lowest BCUT2D eigenvalue weighted by Crippen LogP contribution is -2.21. The van der Waals surface area contributed by atoms with E-state index in [4.69, 9.17) is 5.73 Å². The van der Waals surface area contributed by atoms with Crippen LogP contribution in [0.15, 0.2) is 60.7 Å². The van der Waals surface area contributed by atoms with E-state index in [1.54, 1.807) is 0 Å². The highest BCUT2D eigenvalue weighted by atomic mass is 14.7. The maximum atomic E-state index is 6.03. The quantitative estimate of drug-likeness (QED) is 0.850. The summed E-state index contributed by atoms with van der Waals surface area (Å²) in [5.41, 5.74) is 9.02. The van der Waals surface area contributed by atoms with Crippen LogP contribution in [0.1, 0.15) is 23.5 Å². The molecule has 2 N–H and O–H groups in total. The molecule has 0 aromatic heterocycles. The van der Waals surface area contributed by atoms with Crippen molar-refractivity contribution < 1.29 is 0 Å². The van der Waals surface area contributed by atoms with Gasteiger partial charge in [0.15, 0.2) is 0 Å². The summed E-state index contributed by atoms with van der Waals surface area (Å²) in [5, 5.41) is 0. The van der Waals surface area contributed by atoms with Gasteiger partial charge in [-0.05, 0) is 23.5 Å². The van der Waals surface area contributed by atoms with Crippen molar-refractivity contribution in [2.45, 2.75) is 17.8 Å². The van der Waals surface area contributed by atoms with Crippen LogP contribution in [0.25, 0.3) is 0 Å². The van der Waals surface area contributed by atoms with E-state index in [1.165, 1.54) is 17.5 Å². The molecule has 2 aromatic carbocycles. The molecule has 0 aliphatic heterocycles. The van der Waals surface area contributed by atoms with Gasteiger partial charge in [-0.1, -0.05) is 60.7 Å². The summed E-state index contributed by atoms with van der Waals surface area (Å²) in [6, 6.07) is 21.4. The van der Waals surface area contributed by atoms with Crippen molar-refractivity contribution in [2.24, 2.45) is 5.73 Å². The standard InChI is InChI=1S/C16H17N/c17-12-16(14-9-5-2-6-10-14)11-15(16)13-7-3-1-4-8-13/h1-10,15H,11-12,17H2/t15-,16+/m0/s1. The van der Waals surface area contributed by atoms with Crippen molar-refractivity contribution in [1.82, 2.24) is 0 Å². The lowest BCUT2D eigenvalue weighted by Gasteiger charge is -2.15. The van der Waals surface area contributed by atoms with Crippen molar-refractivity contribution in [2.75, 3.05) is 6.54 Å². The van der Waals surface area contributed by atoms with Gasteiger partial charge in [-0.25, -0.2) is 0 Å². The predicted molar refractivity (Wildman–Crippen MR) is 71.0 cm³/mol. The number of hydrogen-bond acceptors (Lipinski definition) is 1. The minimum Gasteiger partial charge on any atom is -0.330 e. The number of rotatable bonds is 3. The first-order valence-electron chi connectivity index (χ1n) is 6.17. The molecule has 1 aliphatic rings. The van der Waals surface area contributed by atoms with Gasteiger partial charge in [0.05, 0.1) is 0 Å². The summed E-state index contributed by atoms with van der Waals surface area (Å²) >= 11 is 0. The second kappa shape index (κ2) is 4.01. The number of nitrogens with two attached hydrogens (primary N) is 1. The SMILES string of the molecule is NC[C@@]1(c2ccccc2)C[C@H]1c1ccccc1. The third kappa shape index (κ3) is 1.67. The van der Waals surface area contributed by atoms with Gasteiger partial charge >= 0.3 is 0 Å². The zero-order valence-corrected chi connectivity index (χ0v) is 9.84. The third-order valence-corrected chi connectivity index (χ3v) is 3.99. The Morgan fingerprint density at radius 2 is 1.53 bits per heavy atom. The minimum atomic E-state index is 0.183. The molecule has 1 fully saturated rings. The molecule has 0 amide bonds. The van der Waals surface area contributed by atoms with Crippen LogP contribution in [0.3, 0.4) is 0 Å². The summed E-state index contributed by atoms with van der Waals surface area (Å²) in [6.45, 7) is 0.733. The Morgan fingerprint density at radius 1 is 0.941 bits per heavy atom. The normalized spacial score (nSPS) is 26.8. The van der Waals surface area contributed by atoms with Gasteiger partial charge in [0.2, 0.25) is 0 Å². The lowest BCUT2D eigenvalue weighted by atomic mass is 9.91. The molecule has 3 rings (SSSR count). The van der Waals surface area contributed by atoms with Gasteiger partial charge in [0.25, 0.3) is 0 Å². The molecule has 1 heteroatoms. The van der Waals surface area contributed by atoms with E-state index < -0.39 is 0 Å². The first kappa shape index (κ1) is 10.5. The van der Waals surface area contributed by atoms with E-state index in [0.29, 0.717) is 5.92 Å². The maximum Gasteiger partial charge on any atom is 0.0150 e. The second-order valence-corrected chi connectivity index (χ2v) is 4.89. The topological polar surface area (TPSA) is 26.0 Å². The first-order valence-corrected chi connectivity index (χ1v) is 6.17. The van der Waals surface area contributed by atoms with E-state index >= 15 is 0 Å². The molecule has 2 atom stereocenters. The Balaban J connectivity index is 1.94. The second-order valence-electron chi connectivity index (χ2n) is 4.89. The molecular weight excluding hydrogens is 206 g/mol.